The third kappa shape index (κ3) is 4.26. The van der Waals surface area contributed by atoms with Gasteiger partial charge in [0, 0.05) is 18.0 Å². The molecule has 0 aliphatic carbocycles. The van der Waals surface area contributed by atoms with E-state index in [1.807, 2.05) is 42.5 Å². The fourth-order valence-corrected chi connectivity index (χ4v) is 3.25. The molecule has 3 rings (SSSR count). The van der Waals surface area contributed by atoms with Crippen LogP contribution in [0.1, 0.15) is 11.4 Å². The minimum absolute atomic E-state index is 0.636. The molecule has 0 saturated carbocycles. The summed E-state index contributed by atoms with van der Waals surface area (Å²) in [5.74, 6) is 1.79. The summed E-state index contributed by atoms with van der Waals surface area (Å²) in [6.07, 6.45) is 1.88. The van der Waals surface area contributed by atoms with E-state index in [-0.39, 0.29) is 0 Å². The quantitative estimate of drug-likeness (QED) is 0.490. The van der Waals surface area contributed by atoms with Crippen LogP contribution in [-0.2, 0) is 18.8 Å². The van der Waals surface area contributed by atoms with Crippen LogP contribution < -0.4 is 5.32 Å². The molecule has 1 heterocycles. The van der Waals surface area contributed by atoms with Crippen LogP contribution in [-0.4, -0.2) is 14.8 Å². The lowest BCUT2D eigenvalue weighted by Crippen LogP contribution is -2.09. The SMILES string of the molecule is C=CCn1c(CNc2ccccc2)nnc1SCc1ccccc1. The Morgan fingerprint density at radius 2 is 1.71 bits per heavy atom. The lowest BCUT2D eigenvalue weighted by atomic mass is 10.2. The smallest absolute Gasteiger partial charge is 0.191 e. The number of benzene rings is 2. The summed E-state index contributed by atoms with van der Waals surface area (Å²) in [5, 5.41) is 13.0. The molecule has 3 aromatic rings. The van der Waals surface area contributed by atoms with Crippen molar-refractivity contribution in [2.45, 2.75) is 24.0 Å². The van der Waals surface area contributed by atoms with E-state index in [1.165, 1.54) is 5.56 Å². The highest BCUT2D eigenvalue weighted by molar-refractivity contribution is 7.98. The Morgan fingerprint density at radius 3 is 2.42 bits per heavy atom. The van der Waals surface area contributed by atoms with Gasteiger partial charge in [-0.25, -0.2) is 0 Å². The predicted molar refractivity (Wildman–Crippen MR) is 100.0 cm³/mol. The Morgan fingerprint density at radius 1 is 1.00 bits per heavy atom. The summed E-state index contributed by atoms with van der Waals surface area (Å²) in [6, 6.07) is 20.5. The van der Waals surface area contributed by atoms with Gasteiger partial charge in [-0.2, -0.15) is 0 Å². The topological polar surface area (TPSA) is 42.7 Å². The molecular formula is C19H20N4S. The van der Waals surface area contributed by atoms with Gasteiger partial charge in [0.05, 0.1) is 6.54 Å². The zero-order valence-electron chi connectivity index (χ0n) is 13.4. The average Bonchev–Trinajstić information content (AvgIpc) is 3.02. The van der Waals surface area contributed by atoms with E-state index in [1.54, 1.807) is 11.8 Å². The molecule has 1 aromatic heterocycles. The van der Waals surface area contributed by atoms with E-state index in [4.69, 9.17) is 0 Å². The van der Waals surface area contributed by atoms with Crippen molar-refractivity contribution in [1.29, 1.82) is 0 Å². The first-order valence-corrected chi connectivity index (χ1v) is 8.84. The molecule has 0 radical (unpaired) electrons. The van der Waals surface area contributed by atoms with Crippen molar-refractivity contribution in [2.24, 2.45) is 0 Å². The normalized spacial score (nSPS) is 10.5. The minimum atomic E-state index is 0.636. The lowest BCUT2D eigenvalue weighted by molar-refractivity contribution is 0.687. The van der Waals surface area contributed by atoms with Crippen LogP contribution in [0, 0.1) is 0 Å². The van der Waals surface area contributed by atoms with Gasteiger partial charge in [0.1, 0.15) is 0 Å². The Balaban J connectivity index is 1.68. The number of aromatic nitrogens is 3. The van der Waals surface area contributed by atoms with Gasteiger partial charge in [0.25, 0.3) is 0 Å². The van der Waals surface area contributed by atoms with E-state index < -0.39 is 0 Å². The van der Waals surface area contributed by atoms with Crippen LogP contribution in [0.15, 0.2) is 78.5 Å². The van der Waals surface area contributed by atoms with Crippen molar-refractivity contribution >= 4 is 17.4 Å². The number of nitrogens with one attached hydrogen (secondary N) is 1. The van der Waals surface area contributed by atoms with Crippen LogP contribution in [0.25, 0.3) is 0 Å². The standard InChI is InChI=1S/C19H20N4S/c1-2-13-23-18(14-20-17-11-7-4-8-12-17)21-22-19(23)24-15-16-9-5-3-6-10-16/h2-12,20H,1,13-15H2. The Hall–Kier alpha value is -2.53. The Kier molecular flexibility index (Phi) is 5.69. The van der Waals surface area contributed by atoms with Gasteiger partial charge >= 0.3 is 0 Å². The maximum atomic E-state index is 4.35. The highest BCUT2D eigenvalue weighted by atomic mass is 32.2. The second kappa shape index (κ2) is 8.36. The number of anilines is 1. The lowest BCUT2D eigenvalue weighted by Gasteiger charge is -2.09. The van der Waals surface area contributed by atoms with E-state index >= 15 is 0 Å². The van der Waals surface area contributed by atoms with Crippen LogP contribution in [0.2, 0.25) is 0 Å². The summed E-state index contributed by atoms with van der Waals surface area (Å²) >= 11 is 1.70. The van der Waals surface area contributed by atoms with Crippen LogP contribution in [0.5, 0.6) is 0 Å². The number of rotatable bonds is 8. The van der Waals surface area contributed by atoms with E-state index in [9.17, 15) is 0 Å². The maximum Gasteiger partial charge on any atom is 0.191 e. The zero-order chi connectivity index (χ0) is 16.6. The molecule has 0 fully saturated rings. The van der Waals surface area contributed by atoms with Crippen LogP contribution >= 0.6 is 11.8 Å². The maximum absolute atomic E-state index is 4.35. The highest BCUT2D eigenvalue weighted by Gasteiger charge is 2.11. The molecule has 1 N–H and O–H groups in total. The van der Waals surface area contributed by atoms with E-state index in [0.717, 1.165) is 22.4 Å². The molecule has 5 heteroatoms. The summed E-state index contributed by atoms with van der Waals surface area (Å²) in [6.45, 7) is 5.19. The van der Waals surface area contributed by atoms with Gasteiger partial charge < -0.3 is 9.88 Å². The molecule has 0 bridgehead atoms. The number of hydrogen-bond acceptors (Lipinski definition) is 4. The molecule has 24 heavy (non-hydrogen) atoms. The van der Waals surface area contributed by atoms with Gasteiger partial charge in [0.15, 0.2) is 11.0 Å². The summed E-state index contributed by atoms with van der Waals surface area (Å²) < 4.78 is 2.11. The molecule has 0 aliphatic heterocycles. The van der Waals surface area contributed by atoms with Crippen molar-refractivity contribution < 1.29 is 0 Å². The van der Waals surface area contributed by atoms with Crippen LogP contribution in [0.3, 0.4) is 0 Å². The molecule has 0 spiro atoms. The van der Waals surface area contributed by atoms with Crippen molar-refractivity contribution in [1.82, 2.24) is 14.8 Å². The van der Waals surface area contributed by atoms with Crippen molar-refractivity contribution in [2.75, 3.05) is 5.32 Å². The first kappa shape index (κ1) is 16.3. The first-order valence-electron chi connectivity index (χ1n) is 7.85. The van der Waals surface area contributed by atoms with Gasteiger partial charge in [0.2, 0.25) is 0 Å². The molecule has 0 saturated heterocycles. The molecular weight excluding hydrogens is 316 g/mol. The highest BCUT2D eigenvalue weighted by Crippen LogP contribution is 2.22. The monoisotopic (exact) mass is 336 g/mol. The van der Waals surface area contributed by atoms with Crippen LogP contribution in [0.4, 0.5) is 5.69 Å². The fraction of sp³-hybridized carbons (Fsp3) is 0.158. The average molecular weight is 336 g/mol. The minimum Gasteiger partial charge on any atom is -0.378 e. The second-order valence-corrected chi connectivity index (χ2v) is 6.23. The summed E-state index contributed by atoms with van der Waals surface area (Å²) in [4.78, 5) is 0. The molecule has 0 amide bonds. The second-order valence-electron chi connectivity index (χ2n) is 5.29. The first-order chi connectivity index (χ1) is 11.9. The Labute approximate surface area is 146 Å². The number of thioether (sulfide) groups is 1. The molecule has 0 aliphatic rings. The summed E-state index contributed by atoms with van der Waals surface area (Å²) in [5.41, 5.74) is 2.35. The molecule has 2 aromatic carbocycles. The van der Waals surface area contributed by atoms with Gasteiger partial charge in [-0.3, -0.25) is 0 Å². The number of allylic oxidation sites excluding steroid dienone is 1. The molecule has 0 unspecified atom stereocenters. The third-order valence-corrected chi connectivity index (χ3v) is 4.58. The molecule has 4 nitrogen and oxygen atoms in total. The van der Waals surface area contributed by atoms with E-state index in [2.05, 4.69) is 50.9 Å². The van der Waals surface area contributed by atoms with Gasteiger partial charge in [-0.1, -0.05) is 66.4 Å². The molecule has 0 atom stereocenters. The Bertz CT molecular complexity index is 708. The fourth-order valence-electron chi connectivity index (χ4n) is 2.33. The number of hydrogen-bond donors (Lipinski definition) is 1. The van der Waals surface area contributed by atoms with Crippen molar-refractivity contribution in [3.8, 4) is 0 Å². The van der Waals surface area contributed by atoms with E-state index in [0.29, 0.717) is 13.1 Å². The van der Waals surface area contributed by atoms with Gasteiger partial charge in [-0.05, 0) is 17.7 Å². The number of para-hydroxylation sites is 1. The number of nitrogens with zero attached hydrogens (tertiary/aromatic N) is 3. The third-order valence-electron chi connectivity index (χ3n) is 3.54. The van der Waals surface area contributed by atoms with Gasteiger partial charge in [-0.15, -0.1) is 16.8 Å². The zero-order valence-corrected chi connectivity index (χ0v) is 14.2. The molecule has 122 valence electrons. The summed E-state index contributed by atoms with van der Waals surface area (Å²) in [7, 11) is 0. The largest absolute Gasteiger partial charge is 0.378 e. The van der Waals surface area contributed by atoms with Crippen molar-refractivity contribution in [3.05, 3.63) is 84.7 Å². The van der Waals surface area contributed by atoms with Crippen molar-refractivity contribution in [3.63, 3.8) is 0 Å². The predicted octanol–water partition coefficient (Wildman–Crippen LogP) is 4.37.